The average Bonchev–Trinajstić information content (AvgIpc) is 3.49. The Morgan fingerprint density at radius 1 is 1.12 bits per heavy atom. The van der Waals surface area contributed by atoms with E-state index in [1.807, 2.05) is 12.1 Å². The van der Waals surface area contributed by atoms with Crippen LogP contribution in [0.5, 0.6) is 17.2 Å². The lowest BCUT2D eigenvalue weighted by Gasteiger charge is -2.07. The van der Waals surface area contributed by atoms with E-state index in [2.05, 4.69) is 0 Å². The van der Waals surface area contributed by atoms with Gasteiger partial charge in [-0.15, -0.1) is 0 Å². The van der Waals surface area contributed by atoms with E-state index in [0.29, 0.717) is 23.7 Å². The maximum Gasteiger partial charge on any atom is 0.185 e. The summed E-state index contributed by atoms with van der Waals surface area (Å²) >= 11 is 0. The van der Waals surface area contributed by atoms with Crippen molar-refractivity contribution in [3.8, 4) is 17.2 Å². The molecular formula is C20H20O5. The number of ketones is 1. The van der Waals surface area contributed by atoms with Crippen LogP contribution in [0.1, 0.15) is 15.9 Å². The van der Waals surface area contributed by atoms with Crippen LogP contribution >= 0.6 is 0 Å². The van der Waals surface area contributed by atoms with E-state index < -0.39 is 0 Å². The fourth-order valence-electron chi connectivity index (χ4n) is 2.29. The monoisotopic (exact) mass is 340 g/mol. The van der Waals surface area contributed by atoms with Gasteiger partial charge < -0.3 is 18.9 Å². The van der Waals surface area contributed by atoms with Crippen molar-refractivity contribution in [3.05, 3.63) is 59.7 Å². The largest absolute Gasteiger partial charge is 0.493 e. The minimum Gasteiger partial charge on any atom is -0.493 e. The summed E-state index contributed by atoms with van der Waals surface area (Å²) in [7, 11) is 3.16. The summed E-state index contributed by atoms with van der Waals surface area (Å²) in [5.41, 5.74) is 1.46. The summed E-state index contributed by atoms with van der Waals surface area (Å²) in [6.07, 6.45) is 3.50. The van der Waals surface area contributed by atoms with Gasteiger partial charge in [0.25, 0.3) is 0 Å². The number of hydrogen-bond donors (Lipinski definition) is 0. The maximum atomic E-state index is 12.3. The lowest BCUT2D eigenvalue weighted by Crippen LogP contribution is -2.04. The first kappa shape index (κ1) is 17.0. The summed E-state index contributed by atoms with van der Waals surface area (Å²) in [5, 5.41) is 0. The molecule has 1 heterocycles. The molecule has 0 amide bonds. The normalized spacial score (nSPS) is 15.8. The first-order valence-corrected chi connectivity index (χ1v) is 7.98. The number of epoxide rings is 1. The Hall–Kier alpha value is -2.79. The number of rotatable bonds is 8. The Labute approximate surface area is 146 Å². The van der Waals surface area contributed by atoms with Gasteiger partial charge in [0, 0.05) is 5.56 Å². The van der Waals surface area contributed by atoms with E-state index in [9.17, 15) is 4.79 Å². The summed E-state index contributed by atoms with van der Waals surface area (Å²) in [6, 6.07) is 12.6. The van der Waals surface area contributed by atoms with Gasteiger partial charge in [-0.2, -0.15) is 0 Å². The maximum absolute atomic E-state index is 12.3. The fraction of sp³-hybridized carbons (Fsp3) is 0.250. The quantitative estimate of drug-likeness (QED) is 0.419. The van der Waals surface area contributed by atoms with E-state index >= 15 is 0 Å². The zero-order valence-electron chi connectivity index (χ0n) is 14.2. The molecule has 0 bridgehead atoms. The second kappa shape index (κ2) is 7.85. The molecule has 2 aromatic carbocycles. The lowest BCUT2D eigenvalue weighted by molar-refractivity contribution is 0.104. The number of benzene rings is 2. The van der Waals surface area contributed by atoms with Crippen molar-refractivity contribution < 1.29 is 23.7 Å². The molecular weight excluding hydrogens is 320 g/mol. The first-order chi connectivity index (χ1) is 12.2. The van der Waals surface area contributed by atoms with E-state index in [0.717, 1.165) is 17.9 Å². The molecule has 1 unspecified atom stereocenters. The highest BCUT2D eigenvalue weighted by Gasteiger charge is 2.22. The number of allylic oxidation sites excluding steroid dienone is 1. The molecule has 0 aromatic heterocycles. The molecule has 0 radical (unpaired) electrons. The first-order valence-electron chi connectivity index (χ1n) is 7.98. The van der Waals surface area contributed by atoms with Crippen LogP contribution in [-0.2, 0) is 4.74 Å². The van der Waals surface area contributed by atoms with Gasteiger partial charge in [0.15, 0.2) is 17.3 Å². The minimum absolute atomic E-state index is 0.0770. The molecule has 1 saturated heterocycles. The van der Waals surface area contributed by atoms with Crippen LogP contribution in [0, 0.1) is 0 Å². The van der Waals surface area contributed by atoms with Crippen LogP contribution in [0.15, 0.2) is 48.5 Å². The standard InChI is InChI=1S/C20H20O5/c1-22-19-10-4-14(11-20(19)23-2)3-9-18(21)15-5-7-16(8-6-15)24-12-17-13-25-17/h3-11,17H,12-13H2,1-2H3/b9-3+. The smallest absolute Gasteiger partial charge is 0.185 e. The third kappa shape index (κ3) is 4.61. The van der Waals surface area contributed by atoms with Crippen molar-refractivity contribution in [2.45, 2.75) is 6.10 Å². The van der Waals surface area contributed by atoms with Crippen molar-refractivity contribution in [1.82, 2.24) is 0 Å². The van der Waals surface area contributed by atoms with Gasteiger partial charge in [0.05, 0.1) is 20.8 Å². The molecule has 1 aliphatic rings. The minimum atomic E-state index is -0.0770. The Kier molecular flexibility index (Phi) is 5.36. The third-order valence-corrected chi connectivity index (χ3v) is 3.81. The lowest BCUT2D eigenvalue weighted by atomic mass is 10.1. The molecule has 0 spiro atoms. The Bertz CT molecular complexity index is 760. The van der Waals surface area contributed by atoms with Crippen LogP contribution in [0.2, 0.25) is 0 Å². The SMILES string of the molecule is COc1ccc(/C=C/C(=O)c2ccc(OCC3CO3)cc2)cc1OC. The molecule has 1 aliphatic heterocycles. The molecule has 25 heavy (non-hydrogen) atoms. The molecule has 0 N–H and O–H groups in total. The summed E-state index contributed by atoms with van der Waals surface area (Å²) in [4.78, 5) is 12.3. The van der Waals surface area contributed by atoms with Gasteiger partial charge >= 0.3 is 0 Å². The van der Waals surface area contributed by atoms with Crippen LogP contribution in [0.4, 0.5) is 0 Å². The zero-order valence-corrected chi connectivity index (χ0v) is 14.2. The van der Waals surface area contributed by atoms with E-state index in [1.165, 1.54) is 6.08 Å². The van der Waals surface area contributed by atoms with Gasteiger partial charge in [-0.3, -0.25) is 4.79 Å². The van der Waals surface area contributed by atoms with Crippen molar-refractivity contribution in [2.24, 2.45) is 0 Å². The second-order valence-corrected chi connectivity index (χ2v) is 5.60. The molecule has 3 rings (SSSR count). The topological polar surface area (TPSA) is 57.3 Å². The fourth-order valence-corrected chi connectivity index (χ4v) is 2.29. The van der Waals surface area contributed by atoms with Gasteiger partial charge in [0.2, 0.25) is 0 Å². The van der Waals surface area contributed by atoms with Gasteiger partial charge in [-0.05, 0) is 48.0 Å². The highest BCUT2D eigenvalue weighted by atomic mass is 16.6. The molecule has 5 nitrogen and oxygen atoms in total. The van der Waals surface area contributed by atoms with Crippen molar-refractivity contribution in [2.75, 3.05) is 27.4 Å². The number of ether oxygens (including phenoxy) is 4. The van der Waals surface area contributed by atoms with Crippen LogP contribution in [-0.4, -0.2) is 39.3 Å². The van der Waals surface area contributed by atoms with Crippen LogP contribution < -0.4 is 14.2 Å². The van der Waals surface area contributed by atoms with Crippen molar-refractivity contribution in [1.29, 1.82) is 0 Å². The Morgan fingerprint density at radius 2 is 1.84 bits per heavy atom. The van der Waals surface area contributed by atoms with E-state index in [4.69, 9.17) is 18.9 Å². The van der Waals surface area contributed by atoms with Crippen molar-refractivity contribution >= 4 is 11.9 Å². The predicted octanol–water partition coefficient (Wildman–Crippen LogP) is 3.38. The van der Waals surface area contributed by atoms with Crippen LogP contribution in [0.25, 0.3) is 6.08 Å². The molecule has 1 fully saturated rings. The van der Waals surface area contributed by atoms with Crippen molar-refractivity contribution in [3.63, 3.8) is 0 Å². The van der Waals surface area contributed by atoms with Crippen LogP contribution in [0.3, 0.4) is 0 Å². The molecule has 2 aromatic rings. The highest BCUT2D eigenvalue weighted by molar-refractivity contribution is 6.06. The zero-order chi connectivity index (χ0) is 17.6. The highest BCUT2D eigenvalue weighted by Crippen LogP contribution is 2.28. The molecule has 0 aliphatic carbocycles. The number of carbonyl (C=O) groups is 1. The van der Waals surface area contributed by atoms with Gasteiger partial charge in [-0.25, -0.2) is 0 Å². The van der Waals surface area contributed by atoms with E-state index in [-0.39, 0.29) is 11.9 Å². The second-order valence-electron chi connectivity index (χ2n) is 5.60. The number of carbonyl (C=O) groups excluding carboxylic acids is 1. The summed E-state index contributed by atoms with van der Waals surface area (Å²) in [6.45, 7) is 1.31. The average molecular weight is 340 g/mol. The number of methoxy groups -OCH3 is 2. The van der Waals surface area contributed by atoms with Gasteiger partial charge in [0.1, 0.15) is 18.5 Å². The third-order valence-electron chi connectivity index (χ3n) is 3.81. The summed E-state index contributed by atoms with van der Waals surface area (Å²) < 4.78 is 21.1. The predicted molar refractivity (Wildman–Crippen MR) is 94.6 cm³/mol. The molecule has 5 heteroatoms. The number of hydrogen-bond acceptors (Lipinski definition) is 5. The Morgan fingerprint density at radius 3 is 2.48 bits per heavy atom. The van der Waals surface area contributed by atoms with Gasteiger partial charge in [-0.1, -0.05) is 12.1 Å². The Balaban J connectivity index is 1.63. The van der Waals surface area contributed by atoms with E-state index in [1.54, 1.807) is 50.6 Å². The summed E-state index contributed by atoms with van der Waals surface area (Å²) in [5.74, 6) is 1.93. The molecule has 1 atom stereocenters. The molecule has 0 saturated carbocycles. The molecule has 130 valence electrons.